The second-order valence-corrected chi connectivity index (χ2v) is 6.01. The summed E-state index contributed by atoms with van der Waals surface area (Å²) < 4.78 is 26.5. The molecule has 1 fully saturated rings. The van der Waals surface area contributed by atoms with E-state index in [0.29, 0.717) is 6.07 Å². The van der Waals surface area contributed by atoms with Gasteiger partial charge in [0, 0.05) is 24.7 Å². The minimum absolute atomic E-state index is 0.0254. The molecule has 1 atom stereocenters. The molecule has 6 nitrogen and oxygen atoms in total. The highest BCUT2D eigenvalue weighted by Crippen LogP contribution is 2.27. The average molecular weight is 325 g/mol. The van der Waals surface area contributed by atoms with Gasteiger partial charge in [0.25, 0.3) is 0 Å². The molecule has 1 aliphatic rings. The molecule has 23 heavy (non-hydrogen) atoms. The first-order valence-electron chi connectivity index (χ1n) is 6.98. The van der Waals surface area contributed by atoms with Gasteiger partial charge in [0.1, 0.15) is 17.2 Å². The van der Waals surface area contributed by atoms with Crippen molar-refractivity contribution in [2.75, 3.05) is 11.4 Å². The fraction of sp³-hybridized carbons (Fsp3) is 0.400. The Balaban J connectivity index is 2.13. The summed E-state index contributed by atoms with van der Waals surface area (Å²) in [6, 6.07) is 2.74. The molecule has 0 spiro atoms. The first-order valence-corrected chi connectivity index (χ1v) is 6.98. The lowest BCUT2D eigenvalue weighted by Gasteiger charge is -2.24. The van der Waals surface area contributed by atoms with Gasteiger partial charge in [-0.1, -0.05) is 0 Å². The minimum atomic E-state index is -1.25. The highest BCUT2D eigenvalue weighted by atomic mass is 19.1. The molecule has 0 bridgehead atoms. The Kier molecular flexibility index (Phi) is 4.35. The third-order valence-electron chi connectivity index (χ3n) is 3.71. The van der Waals surface area contributed by atoms with Crippen molar-refractivity contribution in [3.05, 3.63) is 29.8 Å². The summed E-state index contributed by atoms with van der Waals surface area (Å²) >= 11 is 0. The molecular weight excluding hydrogens is 308 g/mol. The number of primary amides is 1. The zero-order valence-corrected chi connectivity index (χ0v) is 12.7. The van der Waals surface area contributed by atoms with Crippen LogP contribution in [0.5, 0.6) is 0 Å². The number of nitrogens with zero attached hydrogens (tertiary/aromatic N) is 1. The van der Waals surface area contributed by atoms with E-state index in [1.807, 2.05) is 0 Å². The fourth-order valence-corrected chi connectivity index (χ4v) is 2.30. The molecule has 1 aliphatic heterocycles. The van der Waals surface area contributed by atoms with Crippen LogP contribution in [0.15, 0.2) is 18.2 Å². The van der Waals surface area contributed by atoms with Crippen LogP contribution < -0.4 is 16.0 Å². The lowest BCUT2D eigenvalue weighted by molar-refractivity contribution is -0.132. The number of nitrogens with two attached hydrogens (primary N) is 1. The van der Waals surface area contributed by atoms with Gasteiger partial charge < -0.3 is 16.0 Å². The van der Waals surface area contributed by atoms with Gasteiger partial charge in [0.05, 0.1) is 5.92 Å². The third kappa shape index (κ3) is 3.64. The maximum Gasteiger partial charge on any atom is 0.242 e. The van der Waals surface area contributed by atoms with Crippen LogP contribution in [0, 0.1) is 17.6 Å². The number of amides is 3. The van der Waals surface area contributed by atoms with Gasteiger partial charge >= 0.3 is 0 Å². The zero-order chi connectivity index (χ0) is 17.4. The number of halogens is 2. The topological polar surface area (TPSA) is 92.5 Å². The van der Waals surface area contributed by atoms with E-state index in [1.54, 1.807) is 0 Å². The summed E-state index contributed by atoms with van der Waals surface area (Å²) in [5.74, 6) is -3.99. The summed E-state index contributed by atoms with van der Waals surface area (Å²) in [6.45, 7) is 2.87. The maximum absolute atomic E-state index is 13.3. The van der Waals surface area contributed by atoms with Crippen molar-refractivity contribution in [2.45, 2.75) is 25.8 Å². The van der Waals surface area contributed by atoms with Crippen molar-refractivity contribution in [3.63, 3.8) is 0 Å². The van der Waals surface area contributed by atoms with Gasteiger partial charge in [-0.05, 0) is 26.0 Å². The second-order valence-electron chi connectivity index (χ2n) is 6.01. The molecule has 1 heterocycles. The van der Waals surface area contributed by atoms with Crippen LogP contribution in [0.4, 0.5) is 14.5 Å². The Hall–Kier alpha value is -2.51. The van der Waals surface area contributed by atoms with E-state index in [9.17, 15) is 23.2 Å². The number of hydrogen-bond acceptors (Lipinski definition) is 3. The van der Waals surface area contributed by atoms with Crippen LogP contribution in [-0.4, -0.2) is 29.8 Å². The zero-order valence-electron chi connectivity index (χ0n) is 12.7. The standard InChI is InChI=1S/C15H17F2N3O3/c1-15(2,14(18)23)19-13(22)8-3-12(21)20(7-8)11-5-9(16)4-10(17)6-11/h4-6,8H,3,7H2,1-2H3,(H2,18,23)(H,19,22)/t8-/m1/s1. The lowest BCUT2D eigenvalue weighted by atomic mass is 10.0. The van der Waals surface area contributed by atoms with E-state index in [0.717, 1.165) is 17.0 Å². The first kappa shape index (κ1) is 16.9. The number of benzene rings is 1. The number of carbonyl (C=O) groups is 3. The minimum Gasteiger partial charge on any atom is -0.368 e. The normalized spacial score (nSPS) is 18.2. The molecule has 0 aliphatic carbocycles. The Labute approximate surface area is 131 Å². The van der Waals surface area contributed by atoms with Crippen molar-refractivity contribution in [2.24, 2.45) is 11.7 Å². The summed E-state index contributed by atoms with van der Waals surface area (Å²) in [6.07, 6.45) is -0.112. The summed E-state index contributed by atoms with van der Waals surface area (Å²) in [5, 5.41) is 2.47. The molecule has 3 N–H and O–H groups in total. The van der Waals surface area contributed by atoms with Crippen molar-refractivity contribution in [1.29, 1.82) is 0 Å². The quantitative estimate of drug-likeness (QED) is 0.853. The number of nitrogens with one attached hydrogen (secondary N) is 1. The number of hydrogen-bond donors (Lipinski definition) is 2. The van der Waals surface area contributed by atoms with Gasteiger partial charge in [-0.15, -0.1) is 0 Å². The van der Waals surface area contributed by atoms with Crippen molar-refractivity contribution in [3.8, 4) is 0 Å². The van der Waals surface area contributed by atoms with E-state index in [-0.39, 0.29) is 18.7 Å². The highest BCUT2D eigenvalue weighted by Gasteiger charge is 2.38. The second kappa shape index (κ2) is 5.94. The number of carbonyl (C=O) groups excluding carboxylic acids is 3. The van der Waals surface area contributed by atoms with E-state index in [1.165, 1.54) is 13.8 Å². The van der Waals surface area contributed by atoms with Crippen molar-refractivity contribution < 1.29 is 23.2 Å². The predicted molar refractivity (Wildman–Crippen MR) is 78.2 cm³/mol. The molecule has 0 radical (unpaired) electrons. The smallest absolute Gasteiger partial charge is 0.242 e. The van der Waals surface area contributed by atoms with Gasteiger partial charge in [-0.2, -0.15) is 0 Å². The highest BCUT2D eigenvalue weighted by molar-refractivity contribution is 6.01. The summed E-state index contributed by atoms with van der Waals surface area (Å²) in [4.78, 5) is 36.6. The van der Waals surface area contributed by atoms with E-state index in [2.05, 4.69) is 5.32 Å². The molecule has 124 valence electrons. The van der Waals surface area contributed by atoms with Gasteiger partial charge in [-0.25, -0.2) is 8.78 Å². The predicted octanol–water partition coefficient (Wildman–Crippen LogP) is 0.698. The molecule has 1 aromatic carbocycles. The Bertz CT molecular complexity index is 656. The Morgan fingerprint density at radius 2 is 1.83 bits per heavy atom. The lowest BCUT2D eigenvalue weighted by Crippen LogP contribution is -2.54. The molecule has 0 unspecified atom stereocenters. The fourth-order valence-electron chi connectivity index (χ4n) is 2.30. The van der Waals surface area contributed by atoms with Gasteiger partial charge in [-0.3, -0.25) is 14.4 Å². The molecule has 0 saturated carbocycles. The van der Waals surface area contributed by atoms with Crippen molar-refractivity contribution >= 4 is 23.4 Å². The molecule has 3 amide bonds. The van der Waals surface area contributed by atoms with Gasteiger partial charge in [0.2, 0.25) is 17.7 Å². The molecule has 8 heteroatoms. The van der Waals surface area contributed by atoms with Crippen LogP contribution in [0.2, 0.25) is 0 Å². The Morgan fingerprint density at radius 3 is 2.35 bits per heavy atom. The molecular formula is C15H17F2N3O3. The van der Waals surface area contributed by atoms with Crippen LogP contribution in [-0.2, 0) is 14.4 Å². The van der Waals surface area contributed by atoms with Crippen molar-refractivity contribution in [1.82, 2.24) is 5.32 Å². The van der Waals surface area contributed by atoms with Crippen LogP contribution >= 0.6 is 0 Å². The van der Waals surface area contributed by atoms with E-state index in [4.69, 9.17) is 5.73 Å². The van der Waals surface area contributed by atoms with Gasteiger partial charge in [0.15, 0.2) is 0 Å². The first-order chi connectivity index (χ1) is 10.6. The summed E-state index contributed by atoms with van der Waals surface area (Å²) in [7, 11) is 0. The average Bonchev–Trinajstić information content (AvgIpc) is 2.79. The molecule has 0 aromatic heterocycles. The largest absolute Gasteiger partial charge is 0.368 e. The van der Waals surface area contributed by atoms with Crippen LogP contribution in [0.1, 0.15) is 20.3 Å². The van der Waals surface area contributed by atoms with E-state index < -0.39 is 40.8 Å². The third-order valence-corrected chi connectivity index (χ3v) is 3.71. The Morgan fingerprint density at radius 1 is 1.26 bits per heavy atom. The molecule has 2 rings (SSSR count). The number of anilines is 1. The van der Waals surface area contributed by atoms with E-state index >= 15 is 0 Å². The number of rotatable bonds is 4. The van der Waals surface area contributed by atoms with Crippen LogP contribution in [0.25, 0.3) is 0 Å². The monoisotopic (exact) mass is 325 g/mol. The molecule has 1 saturated heterocycles. The van der Waals surface area contributed by atoms with Crippen LogP contribution in [0.3, 0.4) is 0 Å². The molecule has 1 aromatic rings. The SMILES string of the molecule is CC(C)(NC(=O)[C@@H]1CC(=O)N(c2cc(F)cc(F)c2)C1)C(N)=O. The maximum atomic E-state index is 13.3. The summed E-state index contributed by atoms with van der Waals surface area (Å²) in [5.41, 5.74) is 3.98.